The lowest BCUT2D eigenvalue weighted by Crippen LogP contribution is -2.57. The molecule has 1 amide bonds. The minimum absolute atomic E-state index is 0.0116. The molecule has 8 rings (SSSR count). The first-order chi connectivity index (χ1) is 26.4. The van der Waals surface area contributed by atoms with Gasteiger partial charge in [-0.15, -0.1) is 6.42 Å². The van der Waals surface area contributed by atoms with E-state index in [-0.39, 0.29) is 67.0 Å². The molecule has 1 saturated carbocycles. The number of carbonyl (C=O) groups is 1. The first-order valence-corrected chi connectivity index (χ1v) is 19.0. The van der Waals surface area contributed by atoms with Crippen LogP contribution < -0.4 is 19.1 Å². The van der Waals surface area contributed by atoms with Gasteiger partial charge in [0.05, 0.1) is 17.6 Å². The topological polar surface area (TPSA) is 117 Å². The molecule has 2 aromatic carbocycles. The minimum atomic E-state index is -0.926. The van der Waals surface area contributed by atoms with Crippen molar-refractivity contribution < 1.29 is 37.3 Å². The average Bonchev–Trinajstić information content (AvgIpc) is 3.72. The number of alkyl halides is 1. The minimum Gasteiger partial charge on any atom is -0.467 e. The molecule has 0 spiro atoms. The van der Waals surface area contributed by atoms with Gasteiger partial charge in [-0.2, -0.15) is 15.0 Å². The van der Waals surface area contributed by atoms with E-state index in [0.29, 0.717) is 59.6 Å². The number of nitrogens with zero attached hydrogens (tertiary/aromatic N) is 7. The van der Waals surface area contributed by atoms with Crippen LogP contribution in [0.4, 0.5) is 19.4 Å². The van der Waals surface area contributed by atoms with Crippen LogP contribution in [0, 0.1) is 18.2 Å². The highest BCUT2D eigenvalue weighted by Crippen LogP contribution is 2.45. The summed E-state index contributed by atoms with van der Waals surface area (Å²) >= 11 is 0. The highest BCUT2D eigenvalue weighted by atomic mass is 19.1. The molecule has 4 atom stereocenters. The number of imidazole rings is 1. The maximum atomic E-state index is 15.2. The molecule has 15 heteroatoms. The smallest absolute Gasteiger partial charge is 0.410 e. The number of hydrogen-bond acceptors (Lipinski definition) is 11. The van der Waals surface area contributed by atoms with Crippen molar-refractivity contribution in [2.45, 2.75) is 95.2 Å². The van der Waals surface area contributed by atoms with Crippen molar-refractivity contribution in [3.63, 3.8) is 0 Å². The summed E-state index contributed by atoms with van der Waals surface area (Å²) < 4.78 is 61.2. The molecular formula is C40H47F2N7O6. The zero-order valence-corrected chi connectivity index (χ0v) is 31.9. The van der Waals surface area contributed by atoms with Gasteiger partial charge in [0.1, 0.15) is 41.2 Å². The molecule has 2 aromatic heterocycles. The number of fused-ring (bicyclic) bond motifs is 4. The molecule has 2 bridgehead atoms. The summed E-state index contributed by atoms with van der Waals surface area (Å²) in [5, 5.41) is 1.02. The molecule has 1 aliphatic carbocycles. The van der Waals surface area contributed by atoms with Gasteiger partial charge in [-0.05, 0) is 83.9 Å². The summed E-state index contributed by atoms with van der Waals surface area (Å²) in [6.07, 6.45) is 9.39. The highest BCUT2D eigenvalue weighted by Gasteiger charge is 2.46. The molecule has 3 saturated heterocycles. The third-order valence-corrected chi connectivity index (χ3v) is 11.0. The van der Waals surface area contributed by atoms with Gasteiger partial charge < -0.3 is 28.6 Å². The van der Waals surface area contributed by atoms with Crippen molar-refractivity contribution in [3.05, 3.63) is 35.6 Å². The van der Waals surface area contributed by atoms with Crippen LogP contribution in [0.2, 0.25) is 0 Å². The number of likely N-dealkylation sites (N-methyl/N-ethyl adjacent to an activating group) is 1. The number of methoxy groups -OCH3 is 1. The van der Waals surface area contributed by atoms with E-state index in [1.807, 2.05) is 42.2 Å². The number of rotatable bonds is 10. The molecule has 4 fully saturated rings. The van der Waals surface area contributed by atoms with E-state index >= 15 is 4.39 Å². The largest absolute Gasteiger partial charge is 0.467 e. The highest BCUT2D eigenvalue weighted by molar-refractivity contribution is 5.95. The van der Waals surface area contributed by atoms with Gasteiger partial charge in [-0.1, -0.05) is 12.0 Å². The second-order valence-electron chi connectivity index (χ2n) is 16.0. The Hall–Kier alpha value is -4.94. The summed E-state index contributed by atoms with van der Waals surface area (Å²) in [5.74, 6) is 3.24. The van der Waals surface area contributed by atoms with Crippen molar-refractivity contribution >= 4 is 33.8 Å². The number of anilines is 1. The summed E-state index contributed by atoms with van der Waals surface area (Å²) in [7, 11) is 3.40. The lowest BCUT2D eigenvalue weighted by molar-refractivity contribution is 0.0122. The molecule has 3 aliphatic heterocycles. The third-order valence-electron chi connectivity index (χ3n) is 11.0. The lowest BCUT2D eigenvalue weighted by Gasteiger charge is -2.42. The third kappa shape index (κ3) is 7.17. The van der Waals surface area contributed by atoms with Crippen LogP contribution in [0.15, 0.2) is 24.3 Å². The van der Waals surface area contributed by atoms with Gasteiger partial charge in [-0.3, -0.25) is 14.4 Å². The Kier molecular flexibility index (Phi) is 9.83. The Morgan fingerprint density at radius 3 is 2.42 bits per heavy atom. The summed E-state index contributed by atoms with van der Waals surface area (Å²) in [5.41, 5.74) is 0.455. The second kappa shape index (κ2) is 14.6. The van der Waals surface area contributed by atoms with E-state index in [9.17, 15) is 9.18 Å². The molecule has 5 heterocycles. The lowest BCUT2D eigenvalue weighted by atomic mass is 9.93. The van der Waals surface area contributed by atoms with Crippen LogP contribution in [0.1, 0.15) is 70.9 Å². The number of carbonyl (C=O) groups excluding carboxylic acids is 1. The Labute approximate surface area is 318 Å². The molecule has 2 unspecified atom stereocenters. The Bertz CT molecular complexity index is 2130. The van der Waals surface area contributed by atoms with E-state index in [0.717, 1.165) is 32.1 Å². The standard InChI is InChI=1S/C40H47F2N7O6/c1-7-30-31(42)14-11-23-15-29(53-22-51-6)17-32(33(23)30)54-38-44-35-34(49(38)25-9-8-10-25)36(45-37(43-35)52-21-28-16-24(41)18-46(28)5)47-19-26-12-13-27(20-47)48(26)39(50)55-40(2,3)4/h1,11,14-15,17,24-28H,8-10,12-13,16,18-22H2,2-6H3/t24-,26?,27?,28-/m0/s1. The van der Waals surface area contributed by atoms with Crippen LogP contribution in [0.3, 0.4) is 0 Å². The number of benzene rings is 2. The molecule has 0 N–H and O–H groups in total. The van der Waals surface area contributed by atoms with Crippen molar-refractivity contribution in [3.8, 4) is 35.9 Å². The SMILES string of the molecule is C#Cc1c(F)ccc2cc(OCOC)cc(Oc3nc4nc(OC[C@@H]5C[C@H](F)CN5C)nc(N5CC6CCC(C5)N6C(=O)OC(C)(C)C)c4n3C3CCC3)c12. The van der Waals surface area contributed by atoms with Gasteiger partial charge in [0.15, 0.2) is 18.3 Å². The maximum Gasteiger partial charge on any atom is 0.410 e. The zero-order chi connectivity index (χ0) is 38.6. The number of amides is 1. The first kappa shape index (κ1) is 37.0. The van der Waals surface area contributed by atoms with Gasteiger partial charge in [0.2, 0.25) is 0 Å². The number of ether oxygens (including phenoxy) is 5. The molecule has 13 nitrogen and oxygen atoms in total. The van der Waals surface area contributed by atoms with E-state index in [1.54, 1.807) is 18.2 Å². The molecule has 292 valence electrons. The predicted octanol–water partition coefficient (Wildman–Crippen LogP) is 6.61. The van der Waals surface area contributed by atoms with Crippen LogP contribution in [0.25, 0.3) is 21.9 Å². The van der Waals surface area contributed by atoms with Gasteiger partial charge in [0.25, 0.3) is 0 Å². The van der Waals surface area contributed by atoms with E-state index in [2.05, 4.69) is 10.8 Å². The van der Waals surface area contributed by atoms with E-state index < -0.39 is 17.6 Å². The molecule has 4 aliphatic rings. The van der Waals surface area contributed by atoms with Crippen LogP contribution in [0.5, 0.6) is 23.5 Å². The number of terminal acetylenes is 1. The quantitative estimate of drug-likeness (QED) is 0.129. The Morgan fingerprint density at radius 2 is 1.78 bits per heavy atom. The van der Waals surface area contributed by atoms with Crippen molar-refractivity contribution in [1.29, 1.82) is 0 Å². The summed E-state index contributed by atoms with van der Waals surface area (Å²) in [6.45, 7) is 7.17. The number of likely N-dealkylation sites (tertiary alicyclic amines) is 1. The maximum absolute atomic E-state index is 15.2. The molecule has 4 aromatic rings. The average molecular weight is 760 g/mol. The monoisotopic (exact) mass is 759 g/mol. The predicted molar refractivity (Wildman–Crippen MR) is 201 cm³/mol. The number of aromatic nitrogens is 4. The van der Waals surface area contributed by atoms with Gasteiger partial charge in [0, 0.05) is 50.3 Å². The second-order valence-corrected chi connectivity index (χ2v) is 16.0. The number of hydrogen-bond donors (Lipinski definition) is 0. The Balaban J connectivity index is 1.23. The number of piperazine rings is 1. The fourth-order valence-corrected chi connectivity index (χ4v) is 8.26. The van der Waals surface area contributed by atoms with Gasteiger partial charge >= 0.3 is 18.1 Å². The van der Waals surface area contributed by atoms with Crippen LogP contribution in [-0.4, -0.2) is 113 Å². The molecular weight excluding hydrogens is 712 g/mol. The van der Waals surface area contributed by atoms with E-state index in [4.69, 9.17) is 45.1 Å². The summed E-state index contributed by atoms with van der Waals surface area (Å²) in [6, 6.07) is 6.39. The number of halogens is 2. The van der Waals surface area contributed by atoms with Crippen molar-refractivity contribution in [2.24, 2.45) is 0 Å². The Morgan fingerprint density at radius 1 is 1.02 bits per heavy atom. The van der Waals surface area contributed by atoms with Gasteiger partial charge in [-0.25, -0.2) is 13.6 Å². The molecule has 0 radical (unpaired) electrons. The molecule has 55 heavy (non-hydrogen) atoms. The first-order valence-electron chi connectivity index (χ1n) is 19.0. The van der Waals surface area contributed by atoms with Crippen LogP contribution in [-0.2, 0) is 9.47 Å². The zero-order valence-electron chi connectivity index (χ0n) is 31.9. The van der Waals surface area contributed by atoms with Crippen molar-refractivity contribution in [1.82, 2.24) is 29.3 Å². The van der Waals surface area contributed by atoms with E-state index in [1.165, 1.54) is 13.2 Å². The van der Waals surface area contributed by atoms with Crippen LogP contribution >= 0.6 is 0 Å². The fourth-order valence-electron chi connectivity index (χ4n) is 8.26. The van der Waals surface area contributed by atoms with Crippen molar-refractivity contribution in [2.75, 3.05) is 52.1 Å². The summed E-state index contributed by atoms with van der Waals surface area (Å²) in [4.78, 5) is 34.2. The normalized spacial score (nSPS) is 22.9. The fraction of sp³-hybridized carbons (Fsp3) is 0.550.